The van der Waals surface area contributed by atoms with E-state index < -0.39 is 10.8 Å². The summed E-state index contributed by atoms with van der Waals surface area (Å²) in [5.41, 5.74) is 0. The van der Waals surface area contributed by atoms with Crippen molar-refractivity contribution in [3.8, 4) is 0 Å². The van der Waals surface area contributed by atoms with Crippen LogP contribution in [0.3, 0.4) is 0 Å². The molecule has 0 spiro atoms. The van der Waals surface area contributed by atoms with Crippen molar-refractivity contribution in [3.05, 3.63) is 0 Å². The summed E-state index contributed by atoms with van der Waals surface area (Å²) >= 11 is 0. The van der Waals surface area contributed by atoms with E-state index in [1.165, 1.54) is 25.9 Å². The van der Waals surface area contributed by atoms with E-state index in [0.717, 1.165) is 23.5 Å². The van der Waals surface area contributed by atoms with Gasteiger partial charge in [0.2, 0.25) is 0 Å². The van der Waals surface area contributed by atoms with Crippen LogP contribution in [0.5, 0.6) is 0 Å². The summed E-state index contributed by atoms with van der Waals surface area (Å²) in [6.45, 7) is 4.85. The largest absolute Gasteiger partial charge is 0.300 e. The smallest absolute Gasteiger partial charge is 0.0249 e. The maximum atomic E-state index is 11.1. The van der Waals surface area contributed by atoms with Crippen molar-refractivity contribution in [2.45, 2.75) is 25.8 Å². The van der Waals surface area contributed by atoms with E-state index in [1.54, 1.807) is 0 Å². The second kappa shape index (κ2) is 3.46. The van der Waals surface area contributed by atoms with Gasteiger partial charge in [-0.15, -0.1) is 0 Å². The molecule has 2 rings (SSSR count). The molecule has 0 saturated carbocycles. The summed E-state index contributed by atoms with van der Waals surface area (Å²) in [4.78, 5) is 2.56. The van der Waals surface area contributed by atoms with E-state index in [2.05, 4.69) is 11.8 Å². The van der Waals surface area contributed by atoms with Gasteiger partial charge in [0.1, 0.15) is 0 Å². The van der Waals surface area contributed by atoms with Gasteiger partial charge in [0.15, 0.2) is 0 Å². The van der Waals surface area contributed by atoms with Gasteiger partial charge in [-0.05, 0) is 18.8 Å². The molecule has 70 valence electrons. The highest BCUT2D eigenvalue weighted by Gasteiger charge is 2.31. The molecule has 2 aliphatic rings. The fourth-order valence-corrected chi connectivity index (χ4v) is 3.47. The van der Waals surface area contributed by atoms with Crippen molar-refractivity contribution < 1.29 is 4.21 Å². The molecule has 0 N–H and O–H groups in total. The molecule has 0 aromatic rings. The minimum Gasteiger partial charge on any atom is -0.300 e. The first kappa shape index (κ1) is 8.70. The van der Waals surface area contributed by atoms with Crippen molar-refractivity contribution in [2.24, 2.45) is 5.92 Å². The number of hydrogen-bond donors (Lipinski definition) is 0. The third kappa shape index (κ3) is 1.72. The van der Waals surface area contributed by atoms with Crippen LogP contribution in [-0.4, -0.2) is 39.7 Å². The van der Waals surface area contributed by atoms with Crippen molar-refractivity contribution >= 4 is 10.8 Å². The molecule has 3 heteroatoms. The van der Waals surface area contributed by atoms with Crippen LogP contribution in [0.2, 0.25) is 0 Å². The van der Waals surface area contributed by atoms with Crippen LogP contribution in [0.4, 0.5) is 0 Å². The SMILES string of the molecule is CC1CN(C2CCS(=O)CC2)C1. The Morgan fingerprint density at radius 2 is 1.83 bits per heavy atom. The van der Waals surface area contributed by atoms with Crippen molar-refractivity contribution in [1.82, 2.24) is 4.90 Å². The molecule has 0 atom stereocenters. The minimum atomic E-state index is -0.491. The zero-order valence-corrected chi connectivity index (χ0v) is 8.48. The number of nitrogens with zero attached hydrogens (tertiary/aromatic N) is 1. The molecule has 2 aliphatic heterocycles. The lowest BCUT2D eigenvalue weighted by Crippen LogP contribution is -2.52. The molecule has 0 aromatic carbocycles. The second-order valence-electron chi connectivity index (χ2n) is 4.14. The minimum absolute atomic E-state index is 0.491. The predicted molar refractivity (Wildman–Crippen MR) is 51.6 cm³/mol. The molecule has 0 unspecified atom stereocenters. The highest BCUT2D eigenvalue weighted by Crippen LogP contribution is 2.24. The summed E-state index contributed by atoms with van der Waals surface area (Å²) in [5.74, 6) is 2.78. The van der Waals surface area contributed by atoms with Gasteiger partial charge >= 0.3 is 0 Å². The van der Waals surface area contributed by atoms with Gasteiger partial charge in [0, 0.05) is 41.4 Å². The zero-order valence-electron chi connectivity index (χ0n) is 7.66. The molecular formula is C9H17NOS. The van der Waals surface area contributed by atoms with Gasteiger partial charge in [0.05, 0.1) is 0 Å². The lowest BCUT2D eigenvalue weighted by Gasteiger charge is -2.44. The third-order valence-corrected chi connectivity index (χ3v) is 4.35. The Bertz CT molecular complexity index is 179. The Labute approximate surface area is 76.8 Å². The molecule has 0 aliphatic carbocycles. The Morgan fingerprint density at radius 3 is 2.33 bits per heavy atom. The van der Waals surface area contributed by atoms with Gasteiger partial charge in [-0.1, -0.05) is 6.92 Å². The lowest BCUT2D eigenvalue weighted by molar-refractivity contribution is 0.0578. The van der Waals surface area contributed by atoms with E-state index in [-0.39, 0.29) is 0 Å². The van der Waals surface area contributed by atoms with Gasteiger partial charge < -0.3 is 0 Å². The molecule has 0 amide bonds. The number of rotatable bonds is 1. The summed E-state index contributed by atoms with van der Waals surface area (Å²) in [7, 11) is -0.491. The van der Waals surface area contributed by atoms with Gasteiger partial charge in [0.25, 0.3) is 0 Å². The average Bonchev–Trinajstić information content (AvgIpc) is 2.01. The first-order valence-corrected chi connectivity index (χ1v) is 6.33. The van der Waals surface area contributed by atoms with Crippen LogP contribution in [-0.2, 0) is 10.8 Å². The quantitative estimate of drug-likeness (QED) is 0.606. The molecule has 2 nitrogen and oxygen atoms in total. The highest BCUT2D eigenvalue weighted by atomic mass is 32.2. The molecule has 0 bridgehead atoms. The fraction of sp³-hybridized carbons (Fsp3) is 1.00. The summed E-state index contributed by atoms with van der Waals surface area (Å²) in [6.07, 6.45) is 2.33. The highest BCUT2D eigenvalue weighted by molar-refractivity contribution is 7.85. The van der Waals surface area contributed by atoms with Crippen molar-refractivity contribution in [1.29, 1.82) is 0 Å². The molecule has 2 fully saturated rings. The lowest BCUT2D eigenvalue weighted by atomic mass is 9.97. The van der Waals surface area contributed by atoms with E-state index in [9.17, 15) is 4.21 Å². The first-order valence-electron chi connectivity index (χ1n) is 4.85. The standard InChI is InChI=1S/C9H17NOS/c1-8-6-10(7-8)9-2-4-12(11)5-3-9/h8-9H,2-7H2,1H3. The van der Waals surface area contributed by atoms with E-state index in [1.807, 2.05) is 0 Å². The first-order chi connectivity index (χ1) is 5.75. The van der Waals surface area contributed by atoms with Crippen LogP contribution in [0.25, 0.3) is 0 Å². The third-order valence-electron chi connectivity index (χ3n) is 2.97. The summed E-state index contributed by atoms with van der Waals surface area (Å²) in [5, 5.41) is 0. The molecular weight excluding hydrogens is 170 g/mol. The number of likely N-dealkylation sites (tertiary alicyclic amines) is 1. The molecule has 12 heavy (non-hydrogen) atoms. The molecule has 2 heterocycles. The van der Waals surface area contributed by atoms with Crippen LogP contribution in [0, 0.1) is 5.92 Å². The molecule has 0 radical (unpaired) electrons. The summed E-state index contributed by atoms with van der Waals surface area (Å²) in [6, 6.07) is 0.763. The van der Waals surface area contributed by atoms with E-state index >= 15 is 0 Å². The van der Waals surface area contributed by atoms with Crippen LogP contribution in [0.15, 0.2) is 0 Å². The average molecular weight is 187 g/mol. The van der Waals surface area contributed by atoms with E-state index in [0.29, 0.717) is 0 Å². The monoisotopic (exact) mass is 187 g/mol. The van der Waals surface area contributed by atoms with Gasteiger partial charge in [-0.25, -0.2) is 0 Å². The van der Waals surface area contributed by atoms with E-state index in [4.69, 9.17) is 0 Å². The summed E-state index contributed by atoms with van der Waals surface area (Å²) < 4.78 is 11.1. The van der Waals surface area contributed by atoms with Crippen LogP contribution < -0.4 is 0 Å². The normalized spacial score (nSPS) is 39.4. The van der Waals surface area contributed by atoms with Gasteiger partial charge in [-0.2, -0.15) is 0 Å². The Balaban J connectivity index is 1.79. The Morgan fingerprint density at radius 1 is 1.25 bits per heavy atom. The second-order valence-corrected chi connectivity index (χ2v) is 5.83. The molecule has 2 saturated heterocycles. The van der Waals surface area contributed by atoms with Crippen molar-refractivity contribution in [3.63, 3.8) is 0 Å². The zero-order chi connectivity index (χ0) is 8.55. The fourth-order valence-electron chi connectivity index (χ4n) is 2.19. The van der Waals surface area contributed by atoms with Crippen LogP contribution in [0.1, 0.15) is 19.8 Å². The maximum Gasteiger partial charge on any atom is 0.0249 e. The Hall–Kier alpha value is 0.110. The number of hydrogen-bond acceptors (Lipinski definition) is 2. The van der Waals surface area contributed by atoms with Crippen LogP contribution >= 0.6 is 0 Å². The Kier molecular flexibility index (Phi) is 2.51. The topological polar surface area (TPSA) is 20.3 Å². The van der Waals surface area contributed by atoms with Crippen molar-refractivity contribution in [2.75, 3.05) is 24.6 Å². The molecule has 0 aromatic heterocycles. The predicted octanol–water partition coefficient (Wildman–Crippen LogP) is 0.849. The van der Waals surface area contributed by atoms with Gasteiger partial charge in [-0.3, -0.25) is 9.11 Å². The maximum absolute atomic E-state index is 11.1.